The van der Waals surface area contributed by atoms with E-state index >= 15 is 0 Å². The van der Waals surface area contributed by atoms with E-state index < -0.39 is 18.4 Å². The first-order chi connectivity index (χ1) is 17.7. The fraction of sp³-hybridized carbons (Fsp3) is 0.471. The Morgan fingerprint density at radius 1 is 0.583 bits per heavy atom. The normalized spacial score (nSPS) is 19.8. The molecule has 2 heteroatoms. The number of hydrogen-bond acceptors (Lipinski definition) is 1. The van der Waals surface area contributed by atoms with Crippen molar-refractivity contribution in [1.82, 2.24) is 4.90 Å². The van der Waals surface area contributed by atoms with Gasteiger partial charge in [0.05, 0.1) is 0 Å². The van der Waals surface area contributed by atoms with Crippen molar-refractivity contribution >= 4 is 18.4 Å². The van der Waals surface area contributed by atoms with Crippen molar-refractivity contribution in [3.8, 4) is 0 Å². The van der Waals surface area contributed by atoms with Gasteiger partial charge in [0.1, 0.15) is 0 Å². The van der Waals surface area contributed by atoms with E-state index in [1.54, 1.807) is 13.3 Å². The summed E-state index contributed by atoms with van der Waals surface area (Å²) >= 11 is -2.51. The van der Waals surface area contributed by atoms with E-state index in [1.807, 2.05) is 0 Å². The summed E-state index contributed by atoms with van der Waals surface area (Å²) in [7, 11) is 0. The predicted octanol–water partition coefficient (Wildman–Crippen LogP) is 9.44. The summed E-state index contributed by atoms with van der Waals surface area (Å²) in [6.07, 6.45) is 8.28. The number of unbranched alkanes of at least 4 members (excludes halogenated alkanes) is 3. The van der Waals surface area contributed by atoms with E-state index in [0.717, 1.165) is 4.06 Å². The maximum absolute atomic E-state index is 3.00. The summed E-state index contributed by atoms with van der Waals surface area (Å²) in [5, 5.41) is 0. The molecule has 0 aliphatic carbocycles. The minimum atomic E-state index is -2.51. The summed E-state index contributed by atoms with van der Waals surface area (Å²) in [5.41, 5.74) is 4.01. The average molecular weight is 588 g/mol. The first-order valence-electron chi connectivity index (χ1n) is 14.6. The summed E-state index contributed by atoms with van der Waals surface area (Å²) < 4.78 is 5.48. The van der Waals surface area contributed by atoms with Crippen LogP contribution < -0.4 is 0 Å². The van der Waals surface area contributed by atoms with E-state index in [4.69, 9.17) is 0 Å². The Kier molecular flexibility index (Phi) is 9.75. The molecule has 1 saturated heterocycles. The molecule has 3 atom stereocenters. The van der Waals surface area contributed by atoms with Gasteiger partial charge in [-0.15, -0.1) is 0 Å². The van der Waals surface area contributed by atoms with Crippen LogP contribution in [0.15, 0.2) is 91.0 Å². The average Bonchev–Trinajstić information content (AvgIpc) is 3.62. The topological polar surface area (TPSA) is 3.01 Å². The Morgan fingerprint density at radius 2 is 0.917 bits per heavy atom. The zero-order chi connectivity index (χ0) is 25.4. The third kappa shape index (κ3) is 5.34. The van der Waals surface area contributed by atoms with Crippen molar-refractivity contribution < 1.29 is 0 Å². The van der Waals surface area contributed by atoms with E-state index in [9.17, 15) is 0 Å². The minimum absolute atomic E-state index is 0.235. The van der Waals surface area contributed by atoms with E-state index in [2.05, 4.69) is 124 Å². The van der Waals surface area contributed by atoms with Crippen LogP contribution in [-0.4, -0.2) is 33.4 Å². The van der Waals surface area contributed by atoms with Crippen LogP contribution >= 0.6 is 0 Å². The van der Waals surface area contributed by atoms with Gasteiger partial charge >= 0.3 is 226 Å². The van der Waals surface area contributed by atoms with E-state index in [0.29, 0.717) is 6.04 Å². The molecule has 1 aliphatic rings. The third-order valence-electron chi connectivity index (χ3n) is 8.78. The molecule has 0 radical (unpaired) electrons. The van der Waals surface area contributed by atoms with Gasteiger partial charge in [0, 0.05) is 0 Å². The van der Waals surface area contributed by atoms with Crippen molar-refractivity contribution in [2.24, 2.45) is 0 Å². The molecule has 0 amide bonds. The second-order valence-corrected chi connectivity index (χ2v) is 24.8. The molecule has 0 saturated carbocycles. The van der Waals surface area contributed by atoms with Gasteiger partial charge in [-0.3, -0.25) is 0 Å². The Morgan fingerprint density at radius 3 is 1.22 bits per heavy atom. The second kappa shape index (κ2) is 12.8. The fourth-order valence-electron chi connectivity index (χ4n) is 7.06. The van der Waals surface area contributed by atoms with Gasteiger partial charge in [0.2, 0.25) is 0 Å². The maximum atomic E-state index is 3.00. The molecule has 1 aliphatic heterocycles. The number of benzene rings is 3. The molecule has 0 bridgehead atoms. The monoisotopic (exact) mass is 589 g/mol. The summed E-state index contributed by atoms with van der Waals surface area (Å²) in [6, 6.07) is 34.8. The predicted molar refractivity (Wildman–Crippen MR) is 159 cm³/mol. The van der Waals surface area contributed by atoms with Gasteiger partial charge in [0.15, 0.2) is 0 Å². The van der Waals surface area contributed by atoms with Crippen molar-refractivity contribution in [3.63, 3.8) is 0 Å². The Bertz CT molecular complexity index is 914. The molecule has 1 heterocycles. The molecular formula is C34H47NSn. The molecule has 0 N–H and O–H groups in total. The zero-order valence-corrected chi connectivity index (χ0v) is 26.0. The summed E-state index contributed by atoms with van der Waals surface area (Å²) in [4.78, 5) is 3.00. The zero-order valence-electron chi connectivity index (χ0n) is 23.1. The Hall–Kier alpha value is -1.58. The van der Waals surface area contributed by atoms with Gasteiger partial charge in [-0.25, -0.2) is 0 Å². The van der Waals surface area contributed by atoms with Crippen LogP contribution in [0.2, 0.25) is 13.3 Å². The van der Waals surface area contributed by atoms with Crippen LogP contribution in [0.3, 0.4) is 0 Å². The first-order valence-corrected chi connectivity index (χ1v) is 22.3. The standard InChI is InChI=1S/C22H20N.3C4H9.Sn/c1-18-17-23(18)22(19-11-5-2-6-12-19,20-13-7-3-8-14-20)21-15-9-4-10-16-21;3*1-3-4-2;/h2-18H,1H3;3*1,3-4H2,2H3;/t18-,23?;;;;/m1..../s1. The molecule has 3 aromatic carbocycles. The summed E-state index contributed by atoms with van der Waals surface area (Å²) in [5.74, 6) is 0. The van der Waals surface area contributed by atoms with Gasteiger partial charge in [-0.2, -0.15) is 0 Å². The van der Waals surface area contributed by atoms with Gasteiger partial charge < -0.3 is 0 Å². The molecule has 1 unspecified atom stereocenters. The fourth-order valence-corrected chi connectivity index (χ4v) is 26.8. The second-order valence-electron chi connectivity index (χ2n) is 11.1. The molecule has 1 nitrogen and oxygen atoms in total. The van der Waals surface area contributed by atoms with Gasteiger partial charge in [0.25, 0.3) is 0 Å². The molecule has 3 aromatic rings. The van der Waals surface area contributed by atoms with E-state index in [1.165, 1.54) is 55.2 Å². The van der Waals surface area contributed by atoms with Crippen LogP contribution in [0.1, 0.15) is 82.9 Å². The number of hydrogen-bond donors (Lipinski definition) is 0. The van der Waals surface area contributed by atoms with Crippen LogP contribution in [0.4, 0.5) is 0 Å². The van der Waals surface area contributed by atoms with Crippen molar-refractivity contribution in [2.45, 2.75) is 95.2 Å². The molecule has 192 valence electrons. The molecule has 36 heavy (non-hydrogen) atoms. The van der Waals surface area contributed by atoms with Crippen molar-refractivity contribution in [1.29, 1.82) is 0 Å². The van der Waals surface area contributed by atoms with Gasteiger partial charge in [-0.05, 0) is 0 Å². The molecule has 1 fully saturated rings. The van der Waals surface area contributed by atoms with Crippen LogP contribution in [0, 0.1) is 0 Å². The summed E-state index contributed by atoms with van der Waals surface area (Å²) in [6.45, 7) is 9.75. The third-order valence-corrected chi connectivity index (χ3v) is 26.1. The van der Waals surface area contributed by atoms with Crippen molar-refractivity contribution in [3.05, 3.63) is 108 Å². The van der Waals surface area contributed by atoms with E-state index in [-0.39, 0.29) is 5.54 Å². The van der Waals surface area contributed by atoms with Crippen LogP contribution in [-0.2, 0) is 5.54 Å². The molecule has 4 rings (SSSR count). The number of nitrogens with zero attached hydrogens (tertiary/aromatic N) is 1. The Balaban J connectivity index is 1.92. The molecule has 0 spiro atoms. The quantitative estimate of drug-likeness (QED) is 0.103. The van der Waals surface area contributed by atoms with Crippen LogP contribution in [0.25, 0.3) is 0 Å². The van der Waals surface area contributed by atoms with Crippen LogP contribution in [0.5, 0.6) is 0 Å². The first kappa shape index (κ1) is 27.5. The Labute approximate surface area is 225 Å². The number of rotatable bonds is 14. The SMILES string of the molecule is CCC[CH2][Sn]([CH2]CCC)([CH2]CCC)[C@H]1[C@@H](C)N1C(c1ccccc1)(c1ccccc1)c1ccccc1. The molecular weight excluding hydrogens is 541 g/mol. The van der Waals surface area contributed by atoms with Crippen molar-refractivity contribution in [2.75, 3.05) is 0 Å². The molecule has 0 aromatic heterocycles. The van der Waals surface area contributed by atoms with Gasteiger partial charge in [-0.1, -0.05) is 0 Å².